The predicted octanol–water partition coefficient (Wildman–Crippen LogP) is 5.52. The summed E-state index contributed by atoms with van der Waals surface area (Å²) < 4.78 is 43.6. The summed E-state index contributed by atoms with van der Waals surface area (Å²) in [5.41, 5.74) is 0.510. The van der Waals surface area contributed by atoms with Crippen LogP contribution in [-0.4, -0.2) is 21.7 Å². The maximum absolute atomic E-state index is 14.3. The molecule has 4 nitrogen and oxygen atoms in total. The van der Waals surface area contributed by atoms with Gasteiger partial charge in [-0.15, -0.1) is 0 Å². The van der Waals surface area contributed by atoms with Gasteiger partial charge in [0.15, 0.2) is 11.6 Å². The van der Waals surface area contributed by atoms with Crippen molar-refractivity contribution in [2.24, 2.45) is 5.92 Å². The summed E-state index contributed by atoms with van der Waals surface area (Å²) in [7, 11) is 0. The number of nitrogens with one attached hydrogen (secondary N) is 1. The fourth-order valence-electron chi connectivity index (χ4n) is 3.79. The second-order valence-corrected chi connectivity index (χ2v) is 8.37. The Balaban J connectivity index is 1.63. The van der Waals surface area contributed by atoms with E-state index in [0.29, 0.717) is 23.8 Å². The molecule has 0 saturated heterocycles. The van der Waals surface area contributed by atoms with Crippen molar-refractivity contribution in [3.05, 3.63) is 50.0 Å². The van der Waals surface area contributed by atoms with Gasteiger partial charge in [0.25, 0.3) is 5.91 Å². The van der Waals surface area contributed by atoms with Crippen molar-refractivity contribution in [2.45, 2.75) is 59.0 Å². The molecule has 1 aliphatic rings. The number of nitrogens with zero attached hydrogens (tertiary/aromatic N) is 2. The number of carbonyl (C=O) groups excluding carboxylic acids is 1. The van der Waals surface area contributed by atoms with Gasteiger partial charge in [-0.05, 0) is 52.4 Å². The summed E-state index contributed by atoms with van der Waals surface area (Å²) in [6, 6.07) is -0.188. The van der Waals surface area contributed by atoms with Gasteiger partial charge in [-0.25, -0.2) is 13.2 Å². The van der Waals surface area contributed by atoms with E-state index in [9.17, 15) is 18.0 Å². The van der Waals surface area contributed by atoms with Crippen LogP contribution in [0.2, 0.25) is 10.0 Å². The molecule has 1 amide bonds. The molecule has 0 spiro atoms. The quantitative estimate of drug-likeness (QED) is 0.495. The van der Waals surface area contributed by atoms with Crippen LogP contribution in [0.3, 0.4) is 0 Å². The van der Waals surface area contributed by atoms with Crippen molar-refractivity contribution in [2.75, 3.05) is 0 Å². The van der Waals surface area contributed by atoms with Crippen LogP contribution in [0.4, 0.5) is 13.2 Å². The van der Waals surface area contributed by atoms with Crippen molar-refractivity contribution in [1.82, 2.24) is 15.1 Å². The van der Waals surface area contributed by atoms with E-state index in [1.807, 2.05) is 18.5 Å². The number of carbonyl (C=O) groups is 1. The molecule has 2 aromatic rings. The lowest BCUT2D eigenvalue weighted by Crippen LogP contribution is -2.39. The van der Waals surface area contributed by atoms with Gasteiger partial charge in [0.05, 0.1) is 27.0 Å². The first-order chi connectivity index (χ1) is 13.6. The average Bonchev–Trinajstić information content (AvgIpc) is 2.93. The van der Waals surface area contributed by atoms with E-state index in [1.165, 1.54) is 0 Å². The molecule has 29 heavy (non-hydrogen) atoms. The molecule has 9 heteroatoms. The molecular formula is C20H22Cl2F3N3O. The van der Waals surface area contributed by atoms with Crippen LogP contribution >= 0.6 is 23.2 Å². The summed E-state index contributed by atoms with van der Waals surface area (Å²) in [6.45, 7) is 5.60. The average molecular weight is 448 g/mol. The molecule has 1 aliphatic carbocycles. The van der Waals surface area contributed by atoms with Crippen LogP contribution in [0, 0.1) is 44.1 Å². The van der Waals surface area contributed by atoms with Crippen molar-refractivity contribution in [1.29, 1.82) is 0 Å². The lowest BCUT2D eigenvalue weighted by atomic mass is 9.86. The lowest BCUT2D eigenvalue weighted by molar-refractivity contribution is 0.0915. The van der Waals surface area contributed by atoms with Gasteiger partial charge in [-0.3, -0.25) is 9.48 Å². The second kappa shape index (κ2) is 8.56. The minimum absolute atomic E-state index is 0.188. The topological polar surface area (TPSA) is 46.9 Å². The molecule has 0 atom stereocenters. The number of benzene rings is 1. The maximum atomic E-state index is 14.3. The molecule has 158 valence electrons. The summed E-state index contributed by atoms with van der Waals surface area (Å²) in [5, 5.41) is 6.99. The summed E-state index contributed by atoms with van der Waals surface area (Å²) in [4.78, 5) is 12.5. The Morgan fingerprint density at radius 3 is 2.21 bits per heavy atom. The standard InChI is InChI=1S/C20H22Cl2F3N3O/c1-9-17(23)14(16(22)19(25)18(9)24)20(29)26-13-6-4-12(5-7-13)8-28-11(3)15(21)10(2)27-28/h12-13H,4-8H2,1-3H3,(H,26,29). The number of hydrogen-bond acceptors (Lipinski definition) is 2. The first-order valence-corrected chi connectivity index (χ1v) is 10.2. The monoisotopic (exact) mass is 447 g/mol. The Morgan fingerprint density at radius 1 is 1.03 bits per heavy atom. The van der Waals surface area contributed by atoms with Gasteiger partial charge in [0, 0.05) is 18.2 Å². The van der Waals surface area contributed by atoms with Gasteiger partial charge >= 0.3 is 0 Å². The molecule has 1 heterocycles. The van der Waals surface area contributed by atoms with E-state index in [0.717, 1.165) is 37.7 Å². The fourth-order valence-corrected chi connectivity index (χ4v) is 4.18. The third kappa shape index (κ3) is 4.26. The van der Waals surface area contributed by atoms with Crippen LogP contribution in [0.25, 0.3) is 0 Å². The van der Waals surface area contributed by atoms with E-state index >= 15 is 0 Å². The fraction of sp³-hybridized carbons (Fsp3) is 0.500. The van der Waals surface area contributed by atoms with Crippen molar-refractivity contribution < 1.29 is 18.0 Å². The van der Waals surface area contributed by atoms with Gasteiger partial charge in [-0.2, -0.15) is 5.10 Å². The van der Waals surface area contributed by atoms with Crippen LogP contribution in [0.5, 0.6) is 0 Å². The molecule has 1 fully saturated rings. The Kier molecular flexibility index (Phi) is 6.48. The van der Waals surface area contributed by atoms with E-state index in [2.05, 4.69) is 10.4 Å². The normalized spacial score (nSPS) is 19.4. The molecule has 1 aromatic carbocycles. The Hall–Kier alpha value is -1.73. The Morgan fingerprint density at radius 2 is 1.66 bits per heavy atom. The van der Waals surface area contributed by atoms with E-state index < -0.39 is 39.5 Å². The number of rotatable bonds is 4. The first-order valence-electron chi connectivity index (χ1n) is 9.44. The minimum Gasteiger partial charge on any atom is -0.349 e. The minimum atomic E-state index is -1.41. The number of aryl methyl sites for hydroxylation is 1. The lowest BCUT2D eigenvalue weighted by Gasteiger charge is -2.29. The highest BCUT2D eigenvalue weighted by Crippen LogP contribution is 2.31. The number of halogens is 5. The van der Waals surface area contributed by atoms with Crippen LogP contribution in [0.1, 0.15) is 53.0 Å². The van der Waals surface area contributed by atoms with Gasteiger partial charge in [0.1, 0.15) is 5.82 Å². The highest BCUT2D eigenvalue weighted by Gasteiger charge is 2.29. The maximum Gasteiger partial charge on any atom is 0.256 e. The molecule has 3 rings (SSSR count). The number of aromatic nitrogens is 2. The van der Waals surface area contributed by atoms with Crippen LogP contribution < -0.4 is 5.32 Å². The molecule has 1 N–H and O–H groups in total. The van der Waals surface area contributed by atoms with Crippen LogP contribution in [0.15, 0.2) is 0 Å². The summed E-state index contributed by atoms with van der Waals surface area (Å²) >= 11 is 11.9. The Labute approximate surface area is 177 Å². The second-order valence-electron chi connectivity index (χ2n) is 7.61. The molecule has 0 bridgehead atoms. The van der Waals surface area contributed by atoms with E-state index in [-0.39, 0.29) is 6.04 Å². The van der Waals surface area contributed by atoms with Crippen molar-refractivity contribution >= 4 is 29.1 Å². The van der Waals surface area contributed by atoms with Crippen LogP contribution in [-0.2, 0) is 6.54 Å². The molecular weight excluding hydrogens is 426 g/mol. The molecule has 0 unspecified atom stereocenters. The largest absolute Gasteiger partial charge is 0.349 e. The van der Waals surface area contributed by atoms with E-state index in [1.54, 1.807) is 0 Å². The van der Waals surface area contributed by atoms with Gasteiger partial charge in [0.2, 0.25) is 0 Å². The third-order valence-corrected chi connectivity index (χ3v) is 6.52. The zero-order valence-corrected chi connectivity index (χ0v) is 17.9. The summed E-state index contributed by atoms with van der Waals surface area (Å²) in [6.07, 6.45) is 3.05. The zero-order chi connectivity index (χ0) is 21.5. The van der Waals surface area contributed by atoms with Gasteiger partial charge < -0.3 is 5.32 Å². The third-order valence-electron chi connectivity index (χ3n) is 5.62. The molecule has 1 aromatic heterocycles. The highest BCUT2D eigenvalue weighted by atomic mass is 35.5. The smallest absolute Gasteiger partial charge is 0.256 e. The van der Waals surface area contributed by atoms with E-state index in [4.69, 9.17) is 23.2 Å². The first kappa shape index (κ1) is 22.0. The number of amides is 1. The highest BCUT2D eigenvalue weighted by molar-refractivity contribution is 6.34. The molecule has 0 radical (unpaired) electrons. The Bertz CT molecular complexity index is 924. The van der Waals surface area contributed by atoms with Gasteiger partial charge in [-0.1, -0.05) is 23.2 Å². The predicted molar refractivity (Wildman–Crippen MR) is 106 cm³/mol. The number of hydrogen-bond donors (Lipinski definition) is 1. The molecule has 0 aliphatic heterocycles. The molecule has 1 saturated carbocycles. The summed E-state index contributed by atoms with van der Waals surface area (Å²) in [5.74, 6) is -4.38. The van der Waals surface area contributed by atoms with Crippen molar-refractivity contribution in [3.63, 3.8) is 0 Å². The zero-order valence-electron chi connectivity index (χ0n) is 16.4. The SMILES string of the molecule is Cc1nn(CC2CCC(NC(=O)c3c(F)c(C)c(F)c(F)c3Cl)CC2)c(C)c1Cl. The van der Waals surface area contributed by atoms with Crippen molar-refractivity contribution in [3.8, 4) is 0 Å².